The van der Waals surface area contributed by atoms with Gasteiger partial charge in [-0.3, -0.25) is 4.90 Å². The Morgan fingerprint density at radius 3 is 2.70 bits per heavy atom. The Labute approximate surface area is 145 Å². The monoisotopic (exact) mass is 340 g/mol. The van der Waals surface area contributed by atoms with Gasteiger partial charge in [0.1, 0.15) is 12.4 Å². The van der Waals surface area contributed by atoms with Crippen LogP contribution in [0.1, 0.15) is 31.2 Å². The molecule has 2 aliphatic rings. The SMILES string of the molecule is Cl.NCC1CCCN(Cc2ccc(OCC3CCCO3)cc2)C1. The summed E-state index contributed by atoms with van der Waals surface area (Å²) in [5.41, 5.74) is 7.16. The quantitative estimate of drug-likeness (QED) is 0.865. The minimum Gasteiger partial charge on any atom is -0.491 e. The van der Waals surface area contributed by atoms with Crippen LogP contribution in [-0.2, 0) is 11.3 Å². The van der Waals surface area contributed by atoms with Crippen molar-refractivity contribution >= 4 is 12.4 Å². The summed E-state index contributed by atoms with van der Waals surface area (Å²) in [5.74, 6) is 1.61. The molecule has 2 N–H and O–H groups in total. The predicted molar refractivity (Wildman–Crippen MR) is 95.2 cm³/mol. The average molecular weight is 341 g/mol. The van der Waals surface area contributed by atoms with Gasteiger partial charge in [-0.2, -0.15) is 0 Å². The summed E-state index contributed by atoms with van der Waals surface area (Å²) < 4.78 is 11.4. The zero-order chi connectivity index (χ0) is 15.2. The molecule has 2 unspecified atom stereocenters. The Bertz CT molecular complexity index is 449. The van der Waals surface area contributed by atoms with E-state index in [2.05, 4.69) is 29.2 Å². The van der Waals surface area contributed by atoms with E-state index in [4.69, 9.17) is 15.2 Å². The van der Waals surface area contributed by atoms with Crippen molar-refractivity contribution in [1.29, 1.82) is 0 Å². The highest BCUT2D eigenvalue weighted by atomic mass is 35.5. The number of nitrogens with zero attached hydrogens (tertiary/aromatic N) is 1. The molecule has 1 aromatic carbocycles. The van der Waals surface area contributed by atoms with E-state index >= 15 is 0 Å². The van der Waals surface area contributed by atoms with Crippen LogP contribution in [0, 0.1) is 5.92 Å². The Morgan fingerprint density at radius 1 is 1.17 bits per heavy atom. The van der Waals surface area contributed by atoms with Gasteiger partial charge in [-0.05, 0) is 62.4 Å². The molecule has 0 aliphatic carbocycles. The summed E-state index contributed by atoms with van der Waals surface area (Å²) in [6.45, 7) is 5.70. The molecule has 0 amide bonds. The number of halogens is 1. The van der Waals surface area contributed by atoms with Crippen molar-refractivity contribution in [2.24, 2.45) is 11.7 Å². The maximum atomic E-state index is 5.81. The molecule has 2 fully saturated rings. The van der Waals surface area contributed by atoms with E-state index in [9.17, 15) is 0 Å². The summed E-state index contributed by atoms with van der Waals surface area (Å²) in [5, 5.41) is 0. The van der Waals surface area contributed by atoms with Gasteiger partial charge in [0.05, 0.1) is 6.10 Å². The molecular formula is C18H29ClN2O2. The van der Waals surface area contributed by atoms with Crippen LogP contribution >= 0.6 is 12.4 Å². The van der Waals surface area contributed by atoms with Gasteiger partial charge in [-0.25, -0.2) is 0 Å². The molecule has 0 bridgehead atoms. The summed E-state index contributed by atoms with van der Waals surface area (Å²) >= 11 is 0. The van der Waals surface area contributed by atoms with Crippen molar-refractivity contribution in [1.82, 2.24) is 4.90 Å². The Hall–Kier alpha value is -0.810. The molecule has 2 aliphatic heterocycles. The second-order valence-corrected chi connectivity index (χ2v) is 6.57. The van der Waals surface area contributed by atoms with Crippen molar-refractivity contribution < 1.29 is 9.47 Å². The molecular weight excluding hydrogens is 312 g/mol. The molecule has 0 spiro atoms. The lowest BCUT2D eigenvalue weighted by Gasteiger charge is -2.32. The first-order valence-electron chi connectivity index (χ1n) is 8.59. The topological polar surface area (TPSA) is 47.7 Å². The number of nitrogens with two attached hydrogens (primary N) is 1. The number of benzene rings is 1. The molecule has 5 heteroatoms. The fourth-order valence-electron chi connectivity index (χ4n) is 3.40. The number of ether oxygens (including phenoxy) is 2. The minimum atomic E-state index is 0. The molecule has 4 nitrogen and oxygen atoms in total. The van der Waals surface area contributed by atoms with E-state index in [1.807, 2.05) is 0 Å². The average Bonchev–Trinajstić information content (AvgIpc) is 3.08. The molecule has 0 aromatic heterocycles. The third kappa shape index (κ3) is 5.64. The summed E-state index contributed by atoms with van der Waals surface area (Å²) in [6, 6.07) is 8.51. The lowest BCUT2D eigenvalue weighted by molar-refractivity contribution is 0.0679. The van der Waals surface area contributed by atoms with Crippen LogP contribution < -0.4 is 10.5 Å². The van der Waals surface area contributed by atoms with Crippen molar-refractivity contribution in [2.45, 2.75) is 38.3 Å². The summed E-state index contributed by atoms with van der Waals surface area (Å²) in [6.07, 6.45) is 5.11. The normalized spacial score (nSPS) is 25.1. The van der Waals surface area contributed by atoms with Crippen molar-refractivity contribution in [3.63, 3.8) is 0 Å². The van der Waals surface area contributed by atoms with Crippen molar-refractivity contribution in [3.8, 4) is 5.75 Å². The maximum Gasteiger partial charge on any atom is 0.119 e. The molecule has 1 aromatic rings. The zero-order valence-electron chi connectivity index (χ0n) is 13.8. The first-order chi connectivity index (χ1) is 10.8. The highest BCUT2D eigenvalue weighted by Crippen LogP contribution is 2.20. The van der Waals surface area contributed by atoms with Crippen LogP contribution in [0.25, 0.3) is 0 Å². The molecule has 2 heterocycles. The molecule has 2 atom stereocenters. The molecule has 0 saturated carbocycles. The van der Waals surface area contributed by atoms with Gasteiger partial charge in [-0.1, -0.05) is 12.1 Å². The van der Waals surface area contributed by atoms with Crippen LogP contribution in [0.4, 0.5) is 0 Å². The number of hydrogen-bond donors (Lipinski definition) is 1. The van der Waals surface area contributed by atoms with E-state index in [0.717, 1.165) is 44.8 Å². The molecule has 130 valence electrons. The number of rotatable bonds is 6. The molecule has 0 radical (unpaired) electrons. The van der Waals surface area contributed by atoms with Crippen molar-refractivity contribution in [3.05, 3.63) is 29.8 Å². The number of piperidine rings is 1. The first-order valence-corrected chi connectivity index (χ1v) is 8.59. The summed E-state index contributed by atoms with van der Waals surface area (Å²) in [7, 11) is 0. The Balaban J connectivity index is 0.00000192. The second kappa shape index (κ2) is 9.48. The highest BCUT2D eigenvalue weighted by Gasteiger charge is 2.19. The lowest BCUT2D eigenvalue weighted by atomic mass is 9.98. The standard InChI is InChI=1S/C18H28N2O2.ClH/c19-11-16-3-1-9-20(13-16)12-15-5-7-17(8-6-15)22-14-18-4-2-10-21-18;/h5-8,16,18H,1-4,9-14,19H2;1H. The van der Waals surface area contributed by atoms with Gasteiger partial charge in [0.15, 0.2) is 0 Å². The number of likely N-dealkylation sites (tertiary alicyclic amines) is 1. The largest absolute Gasteiger partial charge is 0.491 e. The second-order valence-electron chi connectivity index (χ2n) is 6.57. The smallest absolute Gasteiger partial charge is 0.119 e. The van der Waals surface area contributed by atoms with E-state index in [-0.39, 0.29) is 18.5 Å². The van der Waals surface area contributed by atoms with Gasteiger partial charge in [-0.15, -0.1) is 12.4 Å². The van der Waals surface area contributed by atoms with Gasteiger partial charge in [0.25, 0.3) is 0 Å². The number of hydrogen-bond acceptors (Lipinski definition) is 4. The van der Waals surface area contributed by atoms with Gasteiger partial charge in [0.2, 0.25) is 0 Å². The molecule has 23 heavy (non-hydrogen) atoms. The third-order valence-electron chi connectivity index (χ3n) is 4.73. The van der Waals surface area contributed by atoms with Crippen LogP contribution in [0.15, 0.2) is 24.3 Å². The van der Waals surface area contributed by atoms with E-state index in [1.165, 1.54) is 24.9 Å². The molecule has 2 saturated heterocycles. The van der Waals surface area contributed by atoms with E-state index in [1.54, 1.807) is 0 Å². The van der Waals surface area contributed by atoms with E-state index < -0.39 is 0 Å². The Morgan fingerprint density at radius 2 is 2.00 bits per heavy atom. The van der Waals surface area contributed by atoms with Crippen LogP contribution in [0.2, 0.25) is 0 Å². The Kier molecular flexibility index (Phi) is 7.63. The fourth-order valence-corrected chi connectivity index (χ4v) is 3.40. The van der Waals surface area contributed by atoms with Crippen LogP contribution in [0.3, 0.4) is 0 Å². The summed E-state index contributed by atoms with van der Waals surface area (Å²) in [4.78, 5) is 2.52. The van der Waals surface area contributed by atoms with Crippen LogP contribution in [-0.4, -0.2) is 43.9 Å². The van der Waals surface area contributed by atoms with Crippen LogP contribution in [0.5, 0.6) is 5.75 Å². The maximum absolute atomic E-state index is 5.81. The lowest BCUT2D eigenvalue weighted by Crippen LogP contribution is -2.37. The van der Waals surface area contributed by atoms with Crippen molar-refractivity contribution in [2.75, 3.05) is 32.8 Å². The third-order valence-corrected chi connectivity index (χ3v) is 4.73. The predicted octanol–water partition coefficient (Wildman–Crippen LogP) is 2.84. The fraction of sp³-hybridized carbons (Fsp3) is 0.667. The first kappa shape index (κ1) is 18.5. The minimum absolute atomic E-state index is 0. The van der Waals surface area contributed by atoms with Gasteiger partial charge in [0, 0.05) is 19.7 Å². The van der Waals surface area contributed by atoms with Gasteiger partial charge >= 0.3 is 0 Å². The molecule has 3 rings (SSSR count). The van der Waals surface area contributed by atoms with E-state index in [0.29, 0.717) is 12.5 Å². The zero-order valence-corrected chi connectivity index (χ0v) is 14.6. The van der Waals surface area contributed by atoms with Gasteiger partial charge < -0.3 is 15.2 Å². The highest BCUT2D eigenvalue weighted by molar-refractivity contribution is 5.85.